The summed E-state index contributed by atoms with van der Waals surface area (Å²) in [6, 6.07) is 10.5. The Kier molecular flexibility index (Phi) is 6.05. The molecular weight excluding hydrogens is 186 g/mol. The normalized spacial score (nSPS) is 10.9. The van der Waals surface area contributed by atoms with Crippen molar-refractivity contribution in [3.05, 3.63) is 35.9 Å². The highest BCUT2D eigenvalue weighted by atomic mass is 16.3. The van der Waals surface area contributed by atoms with Gasteiger partial charge in [-0.15, -0.1) is 0 Å². The van der Waals surface area contributed by atoms with E-state index in [0.717, 1.165) is 32.5 Å². The van der Waals surface area contributed by atoms with Crippen LogP contribution in [0.25, 0.3) is 0 Å². The molecule has 0 radical (unpaired) electrons. The molecule has 2 heteroatoms. The molecule has 0 atom stereocenters. The summed E-state index contributed by atoms with van der Waals surface area (Å²) in [6.07, 6.45) is 1.97. The number of aliphatic hydroxyl groups excluding tert-OH is 1. The molecule has 84 valence electrons. The molecule has 0 saturated heterocycles. The van der Waals surface area contributed by atoms with Crippen molar-refractivity contribution in [2.45, 2.75) is 19.8 Å². The highest BCUT2D eigenvalue weighted by Crippen LogP contribution is 2.01. The van der Waals surface area contributed by atoms with E-state index in [0.29, 0.717) is 6.61 Å². The fraction of sp³-hybridized carbons (Fsp3) is 0.538. The first-order valence-corrected chi connectivity index (χ1v) is 5.74. The average Bonchev–Trinajstić information content (AvgIpc) is 2.31. The van der Waals surface area contributed by atoms with Crippen LogP contribution in [0.5, 0.6) is 0 Å². The van der Waals surface area contributed by atoms with Crippen LogP contribution in [0.1, 0.15) is 18.9 Å². The molecule has 0 aliphatic rings. The van der Waals surface area contributed by atoms with E-state index < -0.39 is 0 Å². The SMILES string of the molecule is CCN(CCCO)CCc1ccccc1. The molecule has 0 aliphatic carbocycles. The lowest BCUT2D eigenvalue weighted by atomic mass is 10.1. The van der Waals surface area contributed by atoms with Gasteiger partial charge in [0.1, 0.15) is 0 Å². The third-order valence-corrected chi connectivity index (χ3v) is 2.64. The summed E-state index contributed by atoms with van der Waals surface area (Å²) >= 11 is 0. The second kappa shape index (κ2) is 7.43. The quantitative estimate of drug-likeness (QED) is 0.738. The van der Waals surface area contributed by atoms with E-state index in [2.05, 4.69) is 36.1 Å². The van der Waals surface area contributed by atoms with Gasteiger partial charge in [-0.2, -0.15) is 0 Å². The molecule has 0 amide bonds. The van der Waals surface area contributed by atoms with Gasteiger partial charge in [0.2, 0.25) is 0 Å². The van der Waals surface area contributed by atoms with E-state index in [4.69, 9.17) is 5.11 Å². The minimum Gasteiger partial charge on any atom is -0.396 e. The summed E-state index contributed by atoms with van der Waals surface area (Å²) in [5, 5.41) is 8.77. The molecule has 2 nitrogen and oxygen atoms in total. The Balaban J connectivity index is 2.28. The van der Waals surface area contributed by atoms with Crippen molar-refractivity contribution >= 4 is 0 Å². The lowest BCUT2D eigenvalue weighted by Crippen LogP contribution is -2.27. The van der Waals surface area contributed by atoms with Crippen LogP contribution in [0.4, 0.5) is 0 Å². The van der Waals surface area contributed by atoms with Crippen LogP contribution in [-0.2, 0) is 6.42 Å². The minimum atomic E-state index is 0.293. The highest BCUT2D eigenvalue weighted by Gasteiger charge is 2.01. The van der Waals surface area contributed by atoms with Crippen LogP contribution < -0.4 is 0 Å². The standard InChI is InChI=1S/C13H21NO/c1-2-14(10-6-12-15)11-9-13-7-4-3-5-8-13/h3-5,7-8,15H,2,6,9-12H2,1H3. The smallest absolute Gasteiger partial charge is 0.0443 e. The molecule has 0 bridgehead atoms. The fourth-order valence-corrected chi connectivity index (χ4v) is 1.65. The zero-order chi connectivity index (χ0) is 10.9. The average molecular weight is 207 g/mol. The van der Waals surface area contributed by atoms with Crippen LogP contribution >= 0.6 is 0 Å². The molecule has 0 saturated carbocycles. The van der Waals surface area contributed by atoms with Crippen LogP contribution in [0.3, 0.4) is 0 Å². The summed E-state index contributed by atoms with van der Waals surface area (Å²) in [7, 11) is 0. The first kappa shape index (κ1) is 12.2. The van der Waals surface area contributed by atoms with Crippen LogP contribution in [0.2, 0.25) is 0 Å². The van der Waals surface area contributed by atoms with Gasteiger partial charge in [0, 0.05) is 19.7 Å². The molecule has 0 heterocycles. The maximum atomic E-state index is 8.77. The molecule has 0 aromatic heterocycles. The van der Waals surface area contributed by atoms with Gasteiger partial charge in [0.05, 0.1) is 0 Å². The zero-order valence-electron chi connectivity index (χ0n) is 9.52. The van der Waals surface area contributed by atoms with Gasteiger partial charge >= 0.3 is 0 Å². The zero-order valence-corrected chi connectivity index (χ0v) is 9.52. The summed E-state index contributed by atoms with van der Waals surface area (Å²) < 4.78 is 0. The molecule has 0 spiro atoms. The van der Waals surface area contributed by atoms with E-state index in [-0.39, 0.29) is 0 Å². The maximum Gasteiger partial charge on any atom is 0.0443 e. The van der Waals surface area contributed by atoms with Crippen molar-refractivity contribution < 1.29 is 5.11 Å². The molecule has 15 heavy (non-hydrogen) atoms. The number of hydrogen-bond acceptors (Lipinski definition) is 2. The number of aliphatic hydroxyl groups is 1. The lowest BCUT2D eigenvalue weighted by molar-refractivity contribution is 0.231. The van der Waals surface area contributed by atoms with E-state index in [1.54, 1.807) is 0 Å². The third kappa shape index (κ3) is 4.96. The Morgan fingerprint density at radius 1 is 1.13 bits per heavy atom. The van der Waals surface area contributed by atoms with Gasteiger partial charge in [0.15, 0.2) is 0 Å². The van der Waals surface area contributed by atoms with Crippen molar-refractivity contribution in [1.82, 2.24) is 4.90 Å². The van der Waals surface area contributed by atoms with E-state index in [9.17, 15) is 0 Å². The molecule has 1 aromatic carbocycles. The highest BCUT2D eigenvalue weighted by molar-refractivity contribution is 5.14. The number of nitrogens with zero attached hydrogens (tertiary/aromatic N) is 1. The molecule has 0 aliphatic heterocycles. The predicted molar refractivity (Wildman–Crippen MR) is 64.0 cm³/mol. The van der Waals surface area contributed by atoms with Crippen LogP contribution in [-0.4, -0.2) is 36.2 Å². The minimum absolute atomic E-state index is 0.293. The molecule has 1 rings (SSSR count). The molecule has 0 unspecified atom stereocenters. The van der Waals surface area contributed by atoms with Gasteiger partial charge in [-0.3, -0.25) is 0 Å². The van der Waals surface area contributed by atoms with Gasteiger partial charge in [-0.05, 0) is 24.9 Å². The first-order valence-electron chi connectivity index (χ1n) is 5.74. The number of likely N-dealkylation sites (N-methyl/N-ethyl adjacent to an activating group) is 1. The van der Waals surface area contributed by atoms with Crippen molar-refractivity contribution in [1.29, 1.82) is 0 Å². The van der Waals surface area contributed by atoms with Crippen molar-refractivity contribution in [2.24, 2.45) is 0 Å². The topological polar surface area (TPSA) is 23.5 Å². The summed E-state index contributed by atoms with van der Waals surface area (Å²) in [5.74, 6) is 0. The molecular formula is C13H21NO. The van der Waals surface area contributed by atoms with Gasteiger partial charge in [-0.1, -0.05) is 37.3 Å². The summed E-state index contributed by atoms with van der Waals surface area (Å²) in [5.41, 5.74) is 1.39. The monoisotopic (exact) mass is 207 g/mol. The van der Waals surface area contributed by atoms with E-state index >= 15 is 0 Å². The number of benzene rings is 1. The maximum absolute atomic E-state index is 8.77. The van der Waals surface area contributed by atoms with Gasteiger partial charge < -0.3 is 10.0 Å². The van der Waals surface area contributed by atoms with Gasteiger partial charge in [-0.25, -0.2) is 0 Å². The van der Waals surface area contributed by atoms with E-state index in [1.807, 2.05) is 6.07 Å². The number of hydrogen-bond donors (Lipinski definition) is 1. The Labute approximate surface area is 92.5 Å². The second-order valence-corrected chi connectivity index (χ2v) is 3.75. The predicted octanol–water partition coefficient (Wildman–Crippen LogP) is 1.93. The second-order valence-electron chi connectivity index (χ2n) is 3.75. The summed E-state index contributed by atoms with van der Waals surface area (Å²) in [4.78, 5) is 2.38. The first-order chi connectivity index (χ1) is 7.36. The van der Waals surface area contributed by atoms with Crippen molar-refractivity contribution in [3.63, 3.8) is 0 Å². The van der Waals surface area contributed by atoms with E-state index in [1.165, 1.54) is 5.56 Å². The van der Waals surface area contributed by atoms with Gasteiger partial charge in [0.25, 0.3) is 0 Å². The Morgan fingerprint density at radius 2 is 1.87 bits per heavy atom. The Morgan fingerprint density at radius 3 is 2.47 bits per heavy atom. The largest absolute Gasteiger partial charge is 0.396 e. The van der Waals surface area contributed by atoms with Crippen molar-refractivity contribution in [3.8, 4) is 0 Å². The number of rotatable bonds is 7. The molecule has 1 aromatic rings. The summed E-state index contributed by atoms with van der Waals surface area (Å²) in [6.45, 7) is 5.61. The van der Waals surface area contributed by atoms with Crippen LogP contribution in [0, 0.1) is 0 Å². The fourth-order valence-electron chi connectivity index (χ4n) is 1.65. The Hall–Kier alpha value is -0.860. The third-order valence-electron chi connectivity index (χ3n) is 2.64. The Bertz CT molecular complexity index is 248. The molecule has 0 fully saturated rings. The molecule has 1 N–H and O–H groups in total. The lowest BCUT2D eigenvalue weighted by Gasteiger charge is -2.19. The van der Waals surface area contributed by atoms with Crippen molar-refractivity contribution in [2.75, 3.05) is 26.2 Å². The van der Waals surface area contributed by atoms with Crippen LogP contribution in [0.15, 0.2) is 30.3 Å².